The zero-order chi connectivity index (χ0) is 22.4. The molecule has 1 aliphatic carbocycles. The number of nitrogens with one attached hydrogen (secondary N) is 1. The lowest BCUT2D eigenvalue weighted by Gasteiger charge is -2.48. The van der Waals surface area contributed by atoms with Crippen LogP contribution in [0.25, 0.3) is 0 Å². The summed E-state index contributed by atoms with van der Waals surface area (Å²) in [4.78, 5) is 21.0. The number of aromatic nitrogens is 1. The number of anilines is 1. The van der Waals surface area contributed by atoms with Crippen LogP contribution in [0.3, 0.4) is 0 Å². The molecule has 4 rings (SSSR count). The van der Waals surface area contributed by atoms with E-state index in [-0.39, 0.29) is 22.0 Å². The third kappa shape index (κ3) is 4.07. The molecule has 7 nitrogen and oxygen atoms in total. The van der Waals surface area contributed by atoms with E-state index in [1.54, 1.807) is 0 Å². The van der Waals surface area contributed by atoms with E-state index in [1.807, 2.05) is 0 Å². The number of rotatable bonds is 4. The summed E-state index contributed by atoms with van der Waals surface area (Å²) >= 11 is 2.35. The van der Waals surface area contributed by atoms with Crippen LogP contribution in [-0.4, -0.2) is 56.8 Å². The molecule has 2 amide bonds. The summed E-state index contributed by atoms with van der Waals surface area (Å²) in [5.74, 6) is 0. The van der Waals surface area contributed by atoms with E-state index in [1.165, 1.54) is 32.5 Å². The fourth-order valence-electron chi connectivity index (χ4n) is 4.99. The second-order valence-corrected chi connectivity index (χ2v) is 12.1. The van der Waals surface area contributed by atoms with Crippen molar-refractivity contribution in [3.63, 3.8) is 0 Å². The highest BCUT2D eigenvalue weighted by Crippen LogP contribution is 2.46. The molecule has 1 spiro atoms. The van der Waals surface area contributed by atoms with Gasteiger partial charge in [0.25, 0.3) is 0 Å². The fraction of sp³-hybridized carbons (Fsp3) is 0.455. The first-order chi connectivity index (χ1) is 14.6. The molecule has 1 aliphatic heterocycles. The quantitative estimate of drug-likeness (QED) is 0.587. The molecule has 31 heavy (non-hydrogen) atoms. The molecule has 1 saturated carbocycles. The van der Waals surface area contributed by atoms with Gasteiger partial charge in [0.1, 0.15) is 0 Å². The number of benzene rings is 1. The second kappa shape index (κ2) is 8.00. The molecule has 1 N–H and O–H groups in total. The summed E-state index contributed by atoms with van der Waals surface area (Å²) in [6, 6.07) is 9.82. The van der Waals surface area contributed by atoms with Gasteiger partial charge >= 0.3 is 6.03 Å². The summed E-state index contributed by atoms with van der Waals surface area (Å²) in [6.45, 7) is 0.440. The Labute approximate surface area is 197 Å². The van der Waals surface area contributed by atoms with Gasteiger partial charge in [-0.2, -0.15) is 0 Å². The minimum atomic E-state index is -3.48. The van der Waals surface area contributed by atoms with Crippen LogP contribution in [0.2, 0.25) is 0 Å². The Kier molecular flexibility index (Phi) is 5.80. The lowest BCUT2D eigenvalue weighted by molar-refractivity contribution is 0.0657. The standard InChI is InChI=1S/C22H27IN4O3S/c1-26(2)22(16-5-4-6-17(23)13-16)10-8-21(9-11-22)15-27(20(28)25-21)18-14-24-12-7-19(18)31(3,29)30/h4-7,12-14H,8-11,15H2,1-3H3,(H,25,28)/t21-,22+. The number of amides is 2. The third-order valence-corrected chi connectivity index (χ3v) is 8.60. The minimum Gasteiger partial charge on any atom is -0.330 e. The molecule has 0 atom stereocenters. The summed E-state index contributed by atoms with van der Waals surface area (Å²) in [5, 5.41) is 3.18. The van der Waals surface area contributed by atoms with Gasteiger partial charge in [0.05, 0.1) is 28.9 Å². The van der Waals surface area contributed by atoms with Crippen molar-refractivity contribution in [2.75, 3.05) is 31.8 Å². The first-order valence-corrected chi connectivity index (χ1v) is 13.2. The zero-order valence-electron chi connectivity index (χ0n) is 17.9. The van der Waals surface area contributed by atoms with Gasteiger partial charge in [-0.25, -0.2) is 13.2 Å². The van der Waals surface area contributed by atoms with Crippen LogP contribution in [0.4, 0.5) is 10.5 Å². The maximum absolute atomic E-state index is 12.9. The highest BCUT2D eigenvalue weighted by Gasteiger charge is 2.50. The first kappa shape index (κ1) is 22.5. The van der Waals surface area contributed by atoms with Crippen molar-refractivity contribution in [1.29, 1.82) is 0 Å². The Morgan fingerprint density at radius 3 is 2.48 bits per heavy atom. The van der Waals surface area contributed by atoms with Crippen molar-refractivity contribution in [2.24, 2.45) is 0 Å². The Hall–Kier alpha value is -1.72. The molecule has 0 unspecified atom stereocenters. The molecule has 2 fully saturated rings. The molecule has 1 aromatic heterocycles. The Balaban J connectivity index is 1.61. The van der Waals surface area contributed by atoms with Crippen LogP contribution in [0.15, 0.2) is 47.6 Å². The van der Waals surface area contributed by atoms with Crippen LogP contribution in [0.5, 0.6) is 0 Å². The molecule has 2 aliphatic rings. The van der Waals surface area contributed by atoms with Gasteiger partial charge in [-0.1, -0.05) is 12.1 Å². The lowest BCUT2D eigenvalue weighted by atomic mass is 9.69. The van der Waals surface area contributed by atoms with E-state index >= 15 is 0 Å². The molecular formula is C22H27IN4O3S. The topological polar surface area (TPSA) is 82.6 Å². The third-order valence-electron chi connectivity index (χ3n) is 6.78. The highest BCUT2D eigenvalue weighted by atomic mass is 127. The maximum Gasteiger partial charge on any atom is 0.322 e. The SMILES string of the molecule is CN(C)[C@]1(c2cccc(I)c2)CC[C@]2(CC1)CN(c1cnccc1S(C)(=O)=O)C(=O)N2. The van der Waals surface area contributed by atoms with E-state index in [9.17, 15) is 13.2 Å². The molecule has 166 valence electrons. The molecule has 2 aromatic rings. The number of halogens is 1. The van der Waals surface area contributed by atoms with Crippen molar-refractivity contribution in [3.05, 3.63) is 51.9 Å². The molecule has 1 saturated heterocycles. The molecule has 0 radical (unpaired) electrons. The van der Waals surface area contributed by atoms with Gasteiger partial charge in [0, 0.05) is 21.6 Å². The van der Waals surface area contributed by atoms with Crippen molar-refractivity contribution in [3.8, 4) is 0 Å². The van der Waals surface area contributed by atoms with Crippen molar-refractivity contribution in [2.45, 2.75) is 41.7 Å². The summed E-state index contributed by atoms with van der Waals surface area (Å²) < 4.78 is 25.7. The van der Waals surface area contributed by atoms with E-state index in [0.29, 0.717) is 12.2 Å². The van der Waals surface area contributed by atoms with Gasteiger partial charge in [-0.3, -0.25) is 14.8 Å². The summed E-state index contributed by atoms with van der Waals surface area (Å²) in [6.07, 6.45) is 7.49. The number of pyridine rings is 1. The zero-order valence-corrected chi connectivity index (χ0v) is 20.9. The predicted molar refractivity (Wildman–Crippen MR) is 129 cm³/mol. The van der Waals surface area contributed by atoms with Gasteiger partial charge < -0.3 is 5.32 Å². The lowest BCUT2D eigenvalue weighted by Crippen LogP contribution is -2.54. The average Bonchev–Trinajstić information content (AvgIpc) is 3.04. The van der Waals surface area contributed by atoms with Crippen LogP contribution in [-0.2, 0) is 15.4 Å². The second-order valence-electron chi connectivity index (χ2n) is 8.85. The summed E-state index contributed by atoms with van der Waals surface area (Å²) in [5.41, 5.74) is 1.19. The molecule has 2 heterocycles. The number of hydrogen-bond donors (Lipinski definition) is 1. The highest BCUT2D eigenvalue weighted by molar-refractivity contribution is 14.1. The van der Waals surface area contributed by atoms with E-state index < -0.39 is 9.84 Å². The minimum absolute atomic E-state index is 0.0865. The largest absolute Gasteiger partial charge is 0.330 e. The fourth-order valence-corrected chi connectivity index (χ4v) is 6.38. The first-order valence-electron chi connectivity index (χ1n) is 10.2. The van der Waals surface area contributed by atoms with Crippen molar-refractivity contribution < 1.29 is 13.2 Å². The van der Waals surface area contributed by atoms with Crippen LogP contribution < -0.4 is 10.2 Å². The predicted octanol–water partition coefficient (Wildman–Crippen LogP) is 3.39. The Morgan fingerprint density at radius 2 is 1.87 bits per heavy atom. The van der Waals surface area contributed by atoms with Gasteiger partial charge in [0.2, 0.25) is 0 Å². The van der Waals surface area contributed by atoms with Crippen LogP contribution in [0, 0.1) is 3.57 Å². The Bertz CT molecular complexity index is 1110. The van der Waals surface area contributed by atoms with E-state index in [2.05, 4.69) is 76.2 Å². The van der Waals surface area contributed by atoms with Crippen molar-refractivity contribution >= 4 is 44.1 Å². The molecule has 1 aromatic carbocycles. The number of nitrogens with zero attached hydrogens (tertiary/aromatic N) is 3. The number of sulfone groups is 1. The van der Waals surface area contributed by atoms with E-state index in [4.69, 9.17) is 0 Å². The van der Waals surface area contributed by atoms with Gasteiger partial charge in [0.15, 0.2) is 9.84 Å². The summed E-state index contributed by atoms with van der Waals surface area (Å²) in [7, 11) is 0.757. The Morgan fingerprint density at radius 1 is 1.16 bits per heavy atom. The molecular weight excluding hydrogens is 527 g/mol. The van der Waals surface area contributed by atoms with Crippen LogP contribution >= 0.6 is 22.6 Å². The van der Waals surface area contributed by atoms with Gasteiger partial charge in [-0.05, 0) is 86.1 Å². The number of urea groups is 1. The number of carbonyl (C=O) groups excluding carboxylic acids is 1. The molecule has 0 bridgehead atoms. The average molecular weight is 554 g/mol. The number of carbonyl (C=O) groups is 1. The van der Waals surface area contributed by atoms with Crippen LogP contribution in [0.1, 0.15) is 31.2 Å². The number of hydrogen-bond acceptors (Lipinski definition) is 5. The van der Waals surface area contributed by atoms with E-state index in [0.717, 1.165) is 31.9 Å². The monoisotopic (exact) mass is 554 g/mol. The molecule has 9 heteroatoms. The van der Waals surface area contributed by atoms with Gasteiger partial charge in [-0.15, -0.1) is 0 Å². The maximum atomic E-state index is 12.9. The normalized spacial score (nSPS) is 26.5. The smallest absolute Gasteiger partial charge is 0.322 e. The van der Waals surface area contributed by atoms with Crippen molar-refractivity contribution in [1.82, 2.24) is 15.2 Å².